The standard InChI is InChI=1S/C19H21ClN2O2/c1-12-4-6-15(7-5-12)11-21-17(23)10-18(24)22-19-14(3)8-13(2)9-16(19)20/h4-9H,10-11H2,1-3H3,(H,21,23)(H,22,24). The van der Waals surface area contributed by atoms with E-state index in [1.54, 1.807) is 6.07 Å². The molecule has 24 heavy (non-hydrogen) atoms. The van der Waals surface area contributed by atoms with Gasteiger partial charge >= 0.3 is 0 Å². The van der Waals surface area contributed by atoms with Crippen LogP contribution in [0.5, 0.6) is 0 Å². The van der Waals surface area contributed by atoms with Crippen LogP contribution in [0.15, 0.2) is 36.4 Å². The summed E-state index contributed by atoms with van der Waals surface area (Å²) in [5, 5.41) is 5.92. The minimum atomic E-state index is -0.384. The van der Waals surface area contributed by atoms with E-state index in [1.165, 1.54) is 0 Å². The highest BCUT2D eigenvalue weighted by atomic mass is 35.5. The lowest BCUT2D eigenvalue weighted by atomic mass is 10.1. The van der Waals surface area contributed by atoms with Crippen LogP contribution < -0.4 is 10.6 Å². The summed E-state index contributed by atoms with van der Waals surface area (Å²) >= 11 is 6.15. The Morgan fingerprint density at radius 2 is 1.62 bits per heavy atom. The number of aryl methyl sites for hydroxylation is 3. The molecule has 0 aliphatic carbocycles. The summed E-state index contributed by atoms with van der Waals surface area (Å²) in [6.45, 7) is 6.20. The minimum Gasteiger partial charge on any atom is -0.352 e. The monoisotopic (exact) mass is 344 g/mol. The van der Waals surface area contributed by atoms with E-state index in [-0.39, 0.29) is 18.2 Å². The fourth-order valence-corrected chi connectivity index (χ4v) is 2.74. The molecule has 0 heterocycles. The molecule has 0 saturated heterocycles. The molecule has 0 fully saturated rings. The Labute approximate surface area is 147 Å². The largest absolute Gasteiger partial charge is 0.352 e. The van der Waals surface area contributed by atoms with E-state index in [1.807, 2.05) is 51.1 Å². The molecule has 2 aromatic carbocycles. The second-order valence-corrected chi connectivity index (χ2v) is 6.33. The fourth-order valence-electron chi connectivity index (χ4n) is 2.37. The number of anilines is 1. The number of hydrogen-bond acceptors (Lipinski definition) is 2. The molecule has 0 unspecified atom stereocenters. The topological polar surface area (TPSA) is 58.2 Å². The SMILES string of the molecule is Cc1ccc(CNC(=O)CC(=O)Nc2c(C)cc(C)cc2Cl)cc1. The van der Waals surface area contributed by atoms with E-state index in [4.69, 9.17) is 11.6 Å². The molecular weight excluding hydrogens is 324 g/mol. The van der Waals surface area contributed by atoms with Crippen molar-refractivity contribution in [2.75, 3.05) is 5.32 Å². The third kappa shape index (κ3) is 5.10. The number of carbonyl (C=O) groups is 2. The molecule has 2 rings (SSSR count). The molecule has 0 radical (unpaired) electrons. The summed E-state index contributed by atoms with van der Waals surface area (Å²) in [7, 11) is 0. The van der Waals surface area contributed by atoms with Crippen molar-refractivity contribution in [1.82, 2.24) is 5.32 Å². The van der Waals surface area contributed by atoms with Gasteiger partial charge < -0.3 is 10.6 Å². The second-order valence-electron chi connectivity index (χ2n) is 5.93. The van der Waals surface area contributed by atoms with Gasteiger partial charge in [0.1, 0.15) is 6.42 Å². The van der Waals surface area contributed by atoms with Gasteiger partial charge in [-0.05, 0) is 43.5 Å². The normalized spacial score (nSPS) is 10.3. The van der Waals surface area contributed by atoms with E-state index < -0.39 is 0 Å². The molecule has 0 aliphatic rings. The first-order valence-electron chi connectivity index (χ1n) is 7.74. The van der Waals surface area contributed by atoms with Gasteiger partial charge in [0.25, 0.3) is 0 Å². The number of halogens is 1. The van der Waals surface area contributed by atoms with Gasteiger partial charge in [0, 0.05) is 6.54 Å². The molecule has 2 aromatic rings. The number of carbonyl (C=O) groups excluding carboxylic acids is 2. The van der Waals surface area contributed by atoms with Gasteiger partial charge in [-0.15, -0.1) is 0 Å². The van der Waals surface area contributed by atoms with Gasteiger partial charge in [0.2, 0.25) is 11.8 Å². The summed E-state index contributed by atoms with van der Waals surface area (Å²) in [4.78, 5) is 23.9. The molecule has 0 aliphatic heterocycles. The van der Waals surface area contributed by atoms with Crippen LogP contribution in [0.4, 0.5) is 5.69 Å². The van der Waals surface area contributed by atoms with Crippen molar-refractivity contribution < 1.29 is 9.59 Å². The van der Waals surface area contributed by atoms with Crippen LogP contribution >= 0.6 is 11.6 Å². The molecule has 0 saturated carbocycles. The summed E-state index contributed by atoms with van der Waals surface area (Å²) in [6.07, 6.45) is -0.241. The Bertz CT molecular complexity index is 731. The average molecular weight is 345 g/mol. The van der Waals surface area contributed by atoms with Crippen molar-refractivity contribution in [1.29, 1.82) is 0 Å². The van der Waals surface area contributed by atoms with Crippen LogP contribution in [-0.2, 0) is 16.1 Å². The number of nitrogens with one attached hydrogen (secondary N) is 2. The van der Waals surface area contributed by atoms with Gasteiger partial charge in [-0.2, -0.15) is 0 Å². The summed E-state index contributed by atoms with van der Waals surface area (Å²) in [6, 6.07) is 11.6. The molecule has 0 bridgehead atoms. The predicted molar refractivity (Wildman–Crippen MR) is 97.2 cm³/mol. The summed E-state index contributed by atoms with van der Waals surface area (Å²) < 4.78 is 0. The van der Waals surface area contributed by atoms with Crippen molar-refractivity contribution in [3.8, 4) is 0 Å². The molecule has 0 atom stereocenters. The van der Waals surface area contributed by atoms with Crippen LogP contribution in [0.1, 0.15) is 28.7 Å². The molecule has 0 aromatic heterocycles. The van der Waals surface area contributed by atoms with Gasteiger partial charge in [-0.1, -0.05) is 47.5 Å². The van der Waals surface area contributed by atoms with Gasteiger partial charge in [0.05, 0.1) is 10.7 Å². The van der Waals surface area contributed by atoms with Gasteiger partial charge in [-0.25, -0.2) is 0 Å². The molecule has 4 nitrogen and oxygen atoms in total. The Morgan fingerprint density at radius 1 is 0.958 bits per heavy atom. The predicted octanol–water partition coefficient (Wildman–Crippen LogP) is 3.91. The lowest BCUT2D eigenvalue weighted by Gasteiger charge is -2.11. The number of benzene rings is 2. The average Bonchev–Trinajstić information content (AvgIpc) is 2.50. The Morgan fingerprint density at radius 3 is 2.25 bits per heavy atom. The fraction of sp³-hybridized carbons (Fsp3) is 0.263. The Hall–Kier alpha value is -2.33. The first-order valence-corrected chi connectivity index (χ1v) is 8.12. The molecule has 5 heteroatoms. The van der Waals surface area contributed by atoms with Gasteiger partial charge in [-0.3, -0.25) is 9.59 Å². The van der Waals surface area contributed by atoms with Crippen LogP contribution in [0.3, 0.4) is 0 Å². The number of amides is 2. The third-order valence-electron chi connectivity index (χ3n) is 3.63. The zero-order chi connectivity index (χ0) is 17.7. The van der Waals surface area contributed by atoms with Crippen molar-refractivity contribution >= 4 is 29.1 Å². The minimum absolute atomic E-state index is 0.241. The quantitative estimate of drug-likeness (QED) is 0.808. The van der Waals surface area contributed by atoms with E-state index >= 15 is 0 Å². The van der Waals surface area contributed by atoms with E-state index in [2.05, 4.69) is 10.6 Å². The van der Waals surface area contributed by atoms with Crippen molar-refractivity contribution in [3.63, 3.8) is 0 Å². The van der Waals surface area contributed by atoms with Crippen LogP contribution in [0.2, 0.25) is 5.02 Å². The summed E-state index contributed by atoms with van der Waals surface area (Å²) in [5.74, 6) is -0.709. The number of hydrogen-bond donors (Lipinski definition) is 2. The third-order valence-corrected chi connectivity index (χ3v) is 3.93. The zero-order valence-corrected chi connectivity index (χ0v) is 14.8. The van der Waals surface area contributed by atoms with Crippen LogP contribution in [0, 0.1) is 20.8 Å². The highest BCUT2D eigenvalue weighted by Gasteiger charge is 2.13. The maximum absolute atomic E-state index is 12.0. The molecule has 0 spiro atoms. The highest BCUT2D eigenvalue weighted by molar-refractivity contribution is 6.34. The maximum atomic E-state index is 12.0. The van der Waals surface area contributed by atoms with E-state index in [9.17, 15) is 9.59 Å². The van der Waals surface area contributed by atoms with Crippen molar-refractivity contribution in [2.24, 2.45) is 0 Å². The highest BCUT2D eigenvalue weighted by Crippen LogP contribution is 2.27. The molecular formula is C19H21ClN2O2. The molecule has 126 valence electrons. The first-order chi connectivity index (χ1) is 11.3. The second kappa shape index (κ2) is 7.97. The van der Waals surface area contributed by atoms with Crippen LogP contribution in [0.25, 0.3) is 0 Å². The first kappa shape index (κ1) is 18.0. The lowest BCUT2D eigenvalue weighted by Crippen LogP contribution is -2.28. The van der Waals surface area contributed by atoms with Crippen LogP contribution in [-0.4, -0.2) is 11.8 Å². The van der Waals surface area contributed by atoms with Crippen molar-refractivity contribution in [3.05, 3.63) is 63.7 Å². The van der Waals surface area contributed by atoms with E-state index in [0.29, 0.717) is 17.3 Å². The Kier molecular flexibility index (Phi) is 5.99. The van der Waals surface area contributed by atoms with E-state index in [0.717, 1.165) is 22.3 Å². The molecule has 2 amide bonds. The Balaban J connectivity index is 1.88. The molecule has 2 N–H and O–H groups in total. The number of rotatable bonds is 5. The zero-order valence-electron chi connectivity index (χ0n) is 14.1. The smallest absolute Gasteiger partial charge is 0.233 e. The summed E-state index contributed by atoms with van der Waals surface area (Å²) in [5.41, 5.74) is 4.60. The lowest BCUT2D eigenvalue weighted by molar-refractivity contribution is -0.126. The van der Waals surface area contributed by atoms with Crippen molar-refractivity contribution in [2.45, 2.75) is 33.7 Å². The maximum Gasteiger partial charge on any atom is 0.233 e. The van der Waals surface area contributed by atoms with Gasteiger partial charge in [0.15, 0.2) is 0 Å².